The Bertz CT molecular complexity index is 1710. The lowest BCUT2D eigenvalue weighted by atomic mass is 9.96. The molecular weight excluding hydrogens is 1050 g/mol. The number of aliphatic hydroxyl groups is 11. The molecule has 3 heterocycles. The Morgan fingerprint density at radius 2 is 0.852 bits per heavy atom. The number of aliphatic hydroxyl groups excluding tert-OH is 11. The molecule has 12 N–H and O–H groups in total. The predicted octanol–water partition coefficient (Wildman–Crippen LogP) is 6.04. The first kappa shape index (κ1) is 72.7. The number of allylic oxidation sites excluding steroid dienone is 9. The molecule has 0 radical (unpaired) electrons. The van der Waals surface area contributed by atoms with Gasteiger partial charge in [-0.2, -0.15) is 0 Å². The van der Waals surface area contributed by atoms with E-state index in [2.05, 4.69) is 67.8 Å². The molecule has 0 saturated carbocycles. The molecule has 17 unspecified atom stereocenters. The second-order valence-electron chi connectivity index (χ2n) is 22.1. The second-order valence-corrected chi connectivity index (χ2v) is 22.1. The first-order chi connectivity index (χ1) is 39.3. The van der Waals surface area contributed by atoms with Crippen molar-refractivity contribution in [3.05, 3.63) is 60.8 Å². The Hall–Kier alpha value is -2.51. The fourth-order valence-electron chi connectivity index (χ4n) is 10.2. The highest BCUT2D eigenvalue weighted by molar-refractivity contribution is 5.76. The van der Waals surface area contributed by atoms with Gasteiger partial charge < -0.3 is 89.9 Å². The summed E-state index contributed by atoms with van der Waals surface area (Å²) in [5, 5.41) is 120. The largest absolute Gasteiger partial charge is 0.394 e. The summed E-state index contributed by atoms with van der Waals surface area (Å²) in [6.07, 6.45) is 24.7. The summed E-state index contributed by atoms with van der Waals surface area (Å²) in [5.74, 6) is -0.292. The minimum Gasteiger partial charge on any atom is -0.394 e. The Balaban J connectivity index is 1.50. The predicted molar refractivity (Wildman–Crippen MR) is 309 cm³/mol. The summed E-state index contributed by atoms with van der Waals surface area (Å²) in [6.45, 7) is 1.59. The maximum atomic E-state index is 13.3. The third-order valence-corrected chi connectivity index (χ3v) is 15.3. The molecule has 3 aliphatic heterocycles. The first-order valence-corrected chi connectivity index (χ1v) is 31.0. The van der Waals surface area contributed by atoms with Crippen molar-refractivity contribution in [2.75, 3.05) is 26.4 Å². The highest BCUT2D eigenvalue weighted by atomic mass is 16.8. The van der Waals surface area contributed by atoms with Crippen molar-refractivity contribution in [2.24, 2.45) is 0 Å². The van der Waals surface area contributed by atoms with Gasteiger partial charge in [0.05, 0.1) is 38.6 Å². The first-order valence-electron chi connectivity index (χ1n) is 31.0. The quantitative estimate of drug-likeness (QED) is 0.0244. The van der Waals surface area contributed by atoms with E-state index in [1.807, 2.05) is 6.08 Å². The van der Waals surface area contributed by atoms with Crippen molar-refractivity contribution in [3.63, 3.8) is 0 Å². The Morgan fingerprint density at radius 1 is 0.457 bits per heavy atom. The van der Waals surface area contributed by atoms with E-state index in [-0.39, 0.29) is 18.9 Å². The third-order valence-electron chi connectivity index (χ3n) is 15.3. The molecule has 0 aliphatic carbocycles. The van der Waals surface area contributed by atoms with Crippen molar-refractivity contribution in [1.82, 2.24) is 5.32 Å². The topological polar surface area (TPSA) is 307 Å². The maximum Gasteiger partial charge on any atom is 0.220 e. The zero-order valence-corrected chi connectivity index (χ0v) is 49.0. The summed E-state index contributed by atoms with van der Waals surface area (Å²) in [5.41, 5.74) is 0. The van der Waals surface area contributed by atoms with E-state index in [1.165, 1.54) is 77.0 Å². The van der Waals surface area contributed by atoms with Crippen LogP contribution in [-0.4, -0.2) is 193 Å². The molecule has 1 amide bonds. The van der Waals surface area contributed by atoms with Gasteiger partial charge in [0.15, 0.2) is 18.9 Å². The van der Waals surface area contributed by atoms with E-state index in [9.17, 15) is 61.0 Å². The number of nitrogens with one attached hydrogen (secondary N) is 1. The van der Waals surface area contributed by atoms with Gasteiger partial charge in [0.25, 0.3) is 0 Å². The molecule has 81 heavy (non-hydrogen) atoms. The van der Waals surface area contributed by atoms with Crippen molar-refractivity contribution in [3.8, 4) is 0 Å². The number of hydrogen-bond donors (Lipinski definition) is 12. The fourth-order valence-corrected chi connectivity index (χ4v) is 10.2. The molecule has 19 nitrogen and oxygen atoms in total. The van der Waals surface area contributed by atoms with Crippen molar-refractivity contribution >= 4 is 5.91 Å². The van der Waals surface area contributed by atoms with Gasteiger partial charge in [-0.05, 0) is 57.8 Å². The smallest absolute Gasteiger partial charge is 0.220 e. The fraction of sp³-hybridized carbons (Fsp3) is 0.823. The van der Waals surface area contributed by atoms with Crippen LogP contribution in [-0.2, 0) is 33.2 Å². The van der Waals surface area contributed by atoms with E-state index in [0.717, 1.165) is 89.9 Å². The number of rotatable bonds is 45. The molecule has 0 aromatic rings. The van der Waals surface area contributed by atoms with Crippen molar-refractivity contribution < 1.29 is 89.4 Å². The molecule has 0 aromatic carbocycles. The van der Waals surface area contributed by atoms with E-state index in [4.69, 9.17) is 28.4 Å². The highest BCUT2D eigenvalue weighted by Gasteiger charge is 2.53. The molecule has 3 aliphatic rings. The van der Waals surface area contributed by atoms with E-state index in [0.29, 0.717) is 6.42 Å². The summed E-state index contributed by atoms with van der Waals surface area (Å²) >= 11 is 0. The van der Waals surface area contributed by atoms with Crippen LogP contribution in [0.5, 0.6) is 0 Å². The monoisotopic (exact) mass is 1160 g/mol. The molecule has 0 bridgehead atoms. The third kappa shape index (κ3) is 28.5. The summed E-state index contributed by atoms with van der Waals surface area (Å²) in [6, 6.07) is -0.983. The van der Waals surface area contributed by atoms with Gasteiger partial charge >= 0.3 is 0 Å². The number of carbonyl (C=O) groups excluding carboxylic acids is 1. The Morgan fingerprint density at radius 3 is 1.33 bits per heavy atom. The Labute approximate surface area is 484 Å². The standard InChI is InChI=1S/C62H109NO18/c1-3-5-7-9-11-13-15-17-19-21-22-24-26-28-30-32-34-36-38-40-50(68)63-45(46(67)39-37-35-33-31-29-27-25-23-20-18-16-14-12-10-8-6-4-2)44-76-60-56(74)53(71)58(48(42-65)78-60)81-62-57(75)54(72)59(49(43-66)79-62)80-61-55(73)52(70)51(69)47(41-64)77-61/h5,7,11,13,17,19,22,24,37,39,45-49,51-62,64-67,69-75H,3-4,6,8-10,12,14-16,18,20-21,23,25-36,38,40-44H2,1-2H3,(H,63,68)/b7-5-,13-11-,19-17-,24-22-,39-37+. The lowest BCUT2D eigenvalue weighted by Crippen LogP contribution is -2.66. The van der Waals surface area contributed by atoms with Crippen LogP contribution >= 0.6 is 0 Å². The summed E-state index contributed by atoms with van der Waals surface area (Å²) in [7, 11) is 0. The molecule has 470 valence electrons. The highest BCUT2D eigenvalue weighted by Crippen LogP contribution is 2.33. The number of hydrogen-bond acceptors (Lipinski definition) is 18. The number of ether oxygens (including phenoxy) is 6. The molecule has 3 saturated heterocycles. The van der Waals surface area contributed by atoms with Gasteiger partial charge in [0, 0.05) is 6.42 Å². The van der Waals surface area contributed by atoms with Crippen LogP contribution in [0.15, 0.2) is 60.8 Å². The van der Waals surface area contributed by atoms with Gasteiger partial charge in [-0.15, -0.1) is 0 Å². The molecule has 0 aromatic heterocycles. The van der Waals surface area contributed by atoms with Crippen LogP contribution in [0, 0.1) is 0 Å². The zero-order valence-electron chi connectivity index (χ0n) is 49.0. The molecule has 19 heteroatoms. The number of amides is 1. The molecular formula is C62H109NO18. The number of carbonyl (C=O) groups is 1. The van der Waals surface area contributed by atoms with Gasteiger partial charge in [-0.1, -0.05) is 190 Å². The second kappa shape index (κ2) is 44.9. The van der Waals surface area contributed by atoms with E-state index in [1.54, 1.807) is 6.08 Å². The van der Waals surface area contributed by atoms with Crippen LogP contribution in [0.4, 0.5) is 0 Å². The molecule has 3 fully saturated rings. The van der Waals surface area contributed by atoms with Crippen molar-refractivity contribution in [2.45, 2.75) is 298 Å². The SMILES string of the molecule is CC/C=C\C/C=C\C/C=C\C/C=C\CCCCCCCCC(=O)NC(COC1OC(CO)C(OC2OC(CO)C(OC3OC(CO)C(O)C(O)C3O)C(O)C2O)C(O)C1O)C(O)/C=C/CCCCCCCCCCCCCCCCC. The molecule has 0 spiro atoms. The molecule has 3 rings (SSSR count). The van der Waals surface area contributed by atoms with Gasteiger partial charge in [-0.3, -0.25) is 4.79 Å². The molecule has 17 atom stereocenters. The van der Waals surface area contributed by atoms with Gasteiger partial charge in [-0.25, -0.2) is 0 Å². The van der Waals surface area contributed by atoms with Crippen LogP contribution < -0.4 is 5.32 Å². The van der Waals surface area contributed by atoms with Gasteiger partial charge in [0.1, 0.15) is 73.2 Å². The zero-order chi connectivity index (χ0) is 59.0. The van der Waals surface area contributed by atoms with Crippen molar-refractivity contribution in [1.29, 1.82) is 0 Å². The minimum atomic E-state index is -1.98. The lowest BCUT2D eigenvalue weighted by molar-refractivity contribution is -0.379. The van der Waals surface area contributed by atoms with Crippen LogP contribution in [0.25, 0.3) is 0 Å². The minimum absolute atomic E-state index is 0.225. The average molecular weight is 1160 g/mol. The van der Waals surface area contributed by atoms with Crippen LogP contribution in [0.3, 0.4) is 0 Å². The number of unbranched alkanes of at least 4 members (excludes halogenated alkanes) is 21. The Kier molecular flexibility index (Phi) is 40.3. The summed E-state index contributed by atoms with van der Waals surface area (Å²) in [4.78, 5) is 13.3. The normalized spacial score (nSPS) is 30.2. The average Bonchev–Trinajstić information content (AvgIpc) is 3.51. The van der Waals surface area contributed by atoms with E-state index < -0.39 is 124 Å². The van der Waals surface area contributed by atoms with Crippen LogP contribution in [0.1, 0.15) is 194 Å². The maximum absolute atomic E-state index is 13.3. The van der Waals surface area contributed by atoms with Crippen LogP contribution in [0.2, 0.25) is 0 Å². The summed E-state index contributed by atoms with van der Waals surface area (Å²) < 4.78 is 34.3. The van der Waals surface area contributed by atoms with E-state index >= 15 is 0 Å². The lowest BCUT2D eigenvalue weighted by Gasteiger charge is -2.48. The van der Waals surface area contributed by atoms with Gasteiger partial charge in [0.2, 0.25) is 5.91 Å².